The van der Waals surface area contributed by atoms with Gasteiger partial charge in [-0.15, -0.1) is 0 Å². The largest absolute Gasteiger partial charge is 0.377 e. The molecule has 1 aliphatic carbocycles. The van der Waals surface area contributed by atoms with Crippen molar-refractivity contribution < 1.29 is 0 Å². The second kappa shape index (κ2) is 5.91. The number of anilines is 1. The quantitative estimate of drug-likeness (QED) is 0.884. The Morgan fingerprint density at radius 2 is 1.71 bits per heavy atom. The van der Waals surface area contributed by atoms with Crippen LogP contribution in [0.1, 0.15) is 47.5 Å². The van der Waals surface area contributed by atoms with Crippen LogP contribution in [-0.4, -0.2) is 31.1 Å². The van der Waals surface area contributed by atoms with Gasteiger partial charge in [0.15, 0.2) is 0 Å². The third-order valence-electron chi connectivity index (χ3n) is 6.09. The van der Waals surface area contributed by atoms with E-state index in [0.29, 0.717) is 18.0 Å². The van der Waals surface area contributed by atoms with Crippen LogP contribution in [-0.2, 0) is 0 Å². The Labute approximate surface area is 144 Å². The van der Waals surface area contributed by atoms with Gasteiger partial charge in [-0.2, -0.15) is 0 Å². The summed E-state index contributed by atoms with van der Waals surface area (Å²) in [5.74, 6) is 0.623. The van der Waals surface area contributed by atoms with Crippen molar-refractivity contribution in [3.63, 3.8) is 0 Å². The predicted octanol–water partition coefficient (Wildman–Crippen LogP) is 3.68. The van der Waals surface area contributed by atoms with Gasteiger partial charge in [0, 0.05) is 43.8 Å². The van der Waals surface area contributed by atoms with Crippen molar-refractivity contribution in [1.82, 2.24) is 10.2 Å². The molecule has 5 rings (SSSR count). The Balaban J connectivity index is 1.52. The van der Waals surface area contributed by atoms with Crippen molar-refractivity contribution in [1.29, 1.82) is 0 Å². The van der Waals surface area contributed by atoms with Crippen molar-refractivity contribution in [2.24, 2.45) is 0 Å². The molecule has 3 unspecified atom stereocenters. The first-order valence-corrected chi connectivity index (χ1v) is 9.31. The van der Waals surface area contributed by atoms with E-state index in [1.165, 1.54) is 37.2 Å². The lowest BCUT2D eigenvalue weighted by Crippen LogP contribution is -2.46. The molecule has 3 nitrogen and oxygen atoms in total. The maximum atomic E-state index is 3.83. The van der Waals surface area contributed by atoms with E-state index in [0.717, 1.165) is 13.1 Å². The summed E-state index contributed by atoms with van der Waals surface area (Å²) >= 11 is 0. The first kappa shape index (κ1) is 14.5. The van der Waals surface area contributed by atoms with Crippen molar-refractivity contribution in [3.8, 4) is 0 Å². The molecule has 124 valence electrons. The number of piperazine rings is 1. The molecule has 24 heavy (non-hydrogen) atoms. The number of nitrogens with zero attached hydrogens (tertiary/aromatic N) is 1. The summed E-state index contributed by atoms with van der Waals surface area (Å²) < 4.78 is 0. The Hall–Kier alpha value is -1.84. The van der Waals surface area contributed by atoms with Gasteiger partial charge in [-0.3, -0.25) is 4.90 Å². The molecule has 1 fully saturated rings. The van der Waals surface area contributed by atoms with E-state index in [1.807, 2.05) is 0 Å². The molecule has 2 aromatic carbocycles. The number of benzene rings is 2. The van der Waals surface area contributed by atoms with E-state index in [9.17, 15) is 0 Å². The summed E-state index contributed by atoms with van der Waals surface area (Å²) in [7, 11) is 0. The minimum Gasteiger partial charge on any atom is -0.377 e. The molecule has 3 atom stereocenters. The molecule has 1 saturated heterocycles. The van der Waals surface area contributed by atoms with Crippen LogP contribution in [0, 0.1) is 0 Å². The van der Waals surface area contributed by atoms with E-state index in [4.69, 9.17) is 0 Å². The van der Waals surface area contributed by atoms with Gasteiger partial charge in [0.05, 0.1) is 6.04 Å². The first-order chi connectivity index (χ1) is 11.9. The molecule has 0 amide bonds. The molecule has 0 saturated carbocycles. The molecule has 2 aromatic rings. The molecule has 2 aliphatic heterocycles. The van der Waals surface area contributed by atoms with Crippen molar-refractivity contribution in [3.05, 3.63) is 65.2 Å². The van der Waals surface area contributed by atoms with Crippen molar-refractivity contribution >= 4 is 5.69 Å². The molecule has 0 bridgehead atoms. The van der Waals surface area contributed by atoms with Crippen LogP contribution in [0.15, 0.2) is 48.5 Å². The summed E-state index contributed by atoms with van der Waals surface area (Å²) in [6, 6.07) is 18.9. The van der Waals surface area contributed by atoms with Gasteiger partial charge in [-0.1, -0.05) is 42.5 Å². The van der Waals surface area contributed by atoms with E-state index in [-0.39, 0.29) is 0 Å². The predicted molar refractivity (Wildman–Crippen MR) is 98.4 cm³/mol. The average molecular weight is 319 g/mol. The highest BCUT2D eigenvalue weighted by Crippen LogP contribution is 2.53. The Morgan fingerprint density at radius 1 is 0.875 bits per heavy atom. The van der Waals surface area contributed by atoms with Crippen LogP contribution < -0.4 is 10.6 Å². The molecule has 2 N–H and O–H groups in total. The zero-order valence-electron chi connectivity index (χ0n) is 14.0. The smallest absolute Gasteiger partial charge is 0.0583 e. The molecule has 0 aromatic heterocycles. The van der Waals surface area contributed by atoms with Gasteiger partial charge >= 0.3 is 0 Å². The molecule has 2 heterocycles. The third-order valence-corrected chi connectivity index (χ3v) is 6.09. The van der Waals surface area contributed by atoms with Crippen LogP contribution in [0.5, 0.6) is 0 Å². The number of nitrogens with one attached hydrogen (secondary N) is 2. The first-order valence-electron chi connectivity index (χ1n) is 9.31. The van der Waals surface area contributed by atoms with E-state index in [1.54, 1.807) is 11.1 Å². The highest BCUT2D eigenvalue weighted by Gasteiger charge is 2.40. The molecule has 3 heteroatoms. The molecule has 0 spiro atoms. The summed E-state index contributed by atoms with van der Waals surface area (Å²) in [5.41, 5.74) is 5.97. The van der Waals surface area contributed by atoms with Crippen molar-refractivity contribution in [2.45, 2.75) is 30.8 Å². The highest BCUT2D eigenvalue weighted by molar-refractivity contribution is 5.65. The second-order valence-corrected chi connectivity index (χ2v) is 7.33. The fraction of sp³-hybridized carbons (Fsp3) is 0.429. The zero-order chi connectivity index (χ0) is 15.9. The van der Waals surface area contributed by atoms with Crippen LogP contribution in [0.3, 0.4) is 0 Å². The standard InChI is InChI=1S/C21H25N3/c1-2-5-15(6-3-1)21-17-9-10-19(24-13-11-22-12-14-24)16-7-4-8-18(23-21)20(16)17/h1-8,17,19,21-23H,9-14H2. The van der Waals surface area contributed by atoms with E-state index < -0.39 is 0 Å². The molecule has 0 radical (unpaired) electrons. The third kappa shape index (κ3) is 2.27. The van der Waals surface area contributed by atoms with Crippen LogP contribution in [0.2, 0.25) is 0 Å². The lowest BCUT2D eigenvalue weighted by Gasteiger charge is -2.40. The monoisotopic (exact) mass is 319 g/mol. The minimum absolute atomic E-state index is 0.436. The van der Waals surface area contributed by atoms with Gasteiger partial charge in [-0.05, 0) is 35.6 Å². The highest BCUT2D eigenvalue weighted by atomic mass is 15.2. The summed E-state index contributed by atoms with van der Waals surface area (Å²) in [5, 5.41) is 7.31. The Kier molecular flexibility index (Phi) is 3.57. The number of hydrogen-bond acceptors (Lipinski definition) is 3. The Bertz CT molecular complexity index is 721. The lowest BCUT2D eigenvalue weighted by molar-refractivity contribution is 0.153. The van der Waals surface area contributed by atoms with Gasteiger partial charge in [0.25, 0.3) is 0 Å². The molecule has 3 aliphatic rings. The minimum atomic E-state index is 0.436. The zero-order valence-corrected chi connectivity index (χ0v) is 14.0. The van der Waals surface area contributed by atoms with Crippen molar-refractivity contribution in [2.75, 3.05) is 31.5 Å². The van der Waals surface area contributed by atoms with Crippen LogP contribution in [0.4, 0.5) is 5.69 Å². The lowest BCUT2D eigenvalue weighted by atomic mass is 9.76. The molecular weight excluding hydrogens is 294 g/mol. The fourth-order valence-corrected chi connectivity index (χ4v) is 5.00. The van der Waals surface area contributed by atoms with Crippen LogP contribution in [0.25, 0.3) is 0 Å². The van der Waals surface area contributed by atoms with Gasteiger partial charge in [-0.25, -0.2) is 0 Å². The van der Waals surface area contributed by atoms with E-state index in [2.05, 4.69) is 64.1 Å². The summed E-state index contributed by atoms with van der Waals surface area (Å²) in [6.45, 7) is 4.60. The normalized spacial score (nSPS) is 29.1. The number of hydrogen-bond donors (Lipinski definition) is 2. The van der Waals surface area contributed by atoms with Crippen LogP contribution >= 0.6 is 0 Å². The summed E-state index contributed by atoms with van der Waals surface area (Å²) in [4.78, 5) is 2.69. The molecular formula is C21H25N3. The second-order valence-electron chi connectivity index (χ2n) is 7.33. The fourth-order valence-electron chi connectivity index (χ4n) is 5.00. The van der Waals surface area contributed by atoms with Gasteiger partial charge in [0.1, 0.15) is 0 Å². The summed E-state index contributed by atoms with van der Waals surface area (Å²) in [6.07, 6.45) is 2.57. The average Bonchev–Trinajstić information content (AvgIpc) is 3.04. The maximum Gasteiger partial charge on any atom is 0.0583 e. The SMILES string of the molecule is c1ccc(C2Nc3cccc4c3C2CCC4N2CCNCC2)cc1. The topological polar surface area (TPSA) is 27.3 Å². The number of rotatable bonds is 2. The van der Waals surface area contributed by atoms with Gasteiger partial charge in [0.2, 0.25) is 0 Å². The maximum absolute atomic E-state index is 3.83. The van der Waals surface area contributed by atoms with Gasteiger partial charge < -0.3 is 10.6 Å². The Morgan fingerprint density at radius 3 is 2.54 bits per heavy atom. The van der Waals surface area contributed by atoms with E-state index >= 15 is 0 Å².